The largest absolute Gasteiger partial charge is 0.464 e. The molecule has 0 radical (unpaired) electrons. The highest BCUT2D eigenvalue weighted by Crippen LogP contribution is 2.35. The quantitative estimate of drug-likeness (QED) is 0.403. The number of rotatable bonds is 7. The first-order valence-electron chi connectivity index (χ1n) is 12.6. The molecule has 1 aromatic heterocycles. The molecular formula is C30H23ClN2O7. The molecule has 0 spiro atoms. The van der Waals surface area contributed by atoms with Gasteiger partial charge in [-0.05, 0) is 43.2 Å². The zero-order valence-electron chi connectivity index (χ0n) is 21.1. The van der Waals surface area contributed by atoms with Crippen molar-refractivity contribution >= 4 is 34.2 Å². The van der Waals surface area contributed by atoms with Crippen molar-refractivity contribution in [2.24, 2.45) is 0 Å². The Bertz CT molecular complexity index is 1710. The van der Waals surface area contributed by atoms with Gasteiger partial charge in [-0.1, -0.05) is 35.4 Å². The van der Waals surface area contributed by atoms with Crippen LogP contribution >= 0.6 is 11.6 Å². The minimum absolute atomic E-state index is 0.00539. The molecule has 10 heteroatoms. The van der Waals surface area contributed by atoms with E-state index >= 15 is 0 Å². The topological polar surface area (TPSA) is 105 Å². The van der Waals surface area contributed by atoms with Gasteiger partial charge in [0.2, 0.25) is 24.0 Å². The minimum atomic E-state index is -0.497. The Morgan fingerprint density at radius 2 is 1.85 bits per heavy atom. The van der Waals surface area contributed by atoms with Crippen LogP contribution in [0.2, 0.25) is 5.02 Å². The summed E-state index contributed by atoms with van der Waals surface area (Å²) in [4.78, 5) is 39.9. The van der Waals surface area contributed by atoms with Gasteiger partial charge >= 0.3 is 0 Å². The monoisotopic (exact) mass is 558 g/mol. The van der Waals surface area contributed by atoms with Crippen LogP contribution in [0.15, 0.2) is 95.4 Å². The molecule has 0 bridgehead atoms. The Morgan fingerprint density at radius 1 is 1.05 bits per heavy atom. The average molecular weight is 559 g/mol. The summed E-state index contributed by atoms with van der Waals surface area (Å²) in [6, 6.07) is 9.38. The second-order valence-electron chi connectivity index (χ2n) is 9.38. The van der Waals surface area contributed by atoms with Crippen LogP contribution < -0.4 is 20.2 Å². The van der Waals surface area contributed by atoms with E-state index in [4.69, 9.17) is 30.5 Å². The smallest absolute Gasteiger partial charge is 0.246 e. The lowest BCUT2D eigenvalue weighted by Crippen LogP contribution is -2.30. The van der Waals surface area contributed by atoms with Crippen molar-refractivity contribution in [3.05, 3.63) is 117 Å². The van der Waals surface area contributed by atoms with E-state index in [0.29, 0.717) is 39.8 Å². The molecular weight excluding hydrogens is 536 g/mol. The van der Waals surface area contributed by atoms with E-state index in [-0.39, 0.29) is 30.2 Å². The number of pyridine rings is 1. The van der Waals surface area contributed by atoms with Crippen LogP contribution in [0.5, 0.6) is 11.5 Å². The summed E-state index contributed by atoms with van der Waals surface area (Å²) in [5.41, 5.74) is 1.31. The van der Waals surface area contributed by atoms with Crippen LogP contribution in [0.1, 0.15) is 35.2 Å². The predicted molar refractivity (Wildman–Crippen MR) is 147 cm³/mol. The lowest BCUT2D eigenvalue weighted by atomic mass is 10.0. The molecule has 2 aromatic carbocycles. The number of fused-ring (bicyclic) bond motifs is 2. The predicted octanol–water partition coefficient (Wildman–Crippen LogP) is 5.08. The number of allylic oxidation sites excluding steroid dienone is 4. The number of ether oxygens (including phenoxy) is 4. The first-order valence-corrected chi connectivity index (χ1v) is 13.0. The SMILES string of the molecule is O=C(Cn1cc(C(=O)c2ccc(Cl)cc2)c(=O)c2cc3c(cc21)OCO3)NC1=COC=C(CC2=CC=CCC2)O1. The van der Waals surface area contributed by atoms with Gasteiger partial charge in [-0.2, -0.15) is 0 Å². The normalized spacial score (nSPS) is 15.5. The third kappa shape index (κ3) is 5.23. The van der Waals surface area contributed by atoms with E-state index in [1.165, 1.54) is 34.9 Å². The number of halogens is 1. The number of ketones is 1. The highest BCUT2D eigenvalue weighted by molar-refractivity contribution is 6.30. The number of benzene rings is 2. The number of carbonyl (C=O) groups is 2. The number of nitrogens with zero attached hydrogens (tertiary/aromatic N) is 1. The Balaban J connectivity index is 1.27. The van der Waals surface area contributed by atoms with Crippen molar-refractivity contribution < 1.29 is 28.5 Å². The van der Waals surface area contributed by atoms with Gasteiger partial charge in [-0.15, -0.1) is 0 Å². The lowest BCUT2D eigenvalue weighted by molar-refractivity contribution is -0.121. The van der Waals surface area contributed by atoms with Gasteiger partial charge in [-0.3, -0.25) is 19.7 Å². The summed E-state index contributed by atoms with van der Waals surface area (Å²) >= 11 is 5.97. The summed E-state index contributed by atoms with van der Waals surface area (Å²) in [6.45, 7) is -0.224. The van der Waals surface area contributed by atoms with Gasteiger partial charge in [-0.25, -0.2) is 0 Å². The van der Waals surface area contributed by atoms with Crippen molar-refractivity contribution in [1.29, 1.82) is 0 Å². The lowest BCUT2D eigenvalue weighted by Gasteiger charge is -2.19. The Labute approximate surface area is 233 Å². The van der Waals surface area contributed by atoms with Crippen LogP contribution in [0.3, 0.4) is 0 Å². The molecule has 202 valence electrons. The van der Waals surface area contributed by atoms with Crippen molar-refractivity contribution in [3.8, 4) is 11.5 Å². The third-order valence-electron chi connectivity index (χ3n) is 6.62. The van der Waals surface area contributed by atoms with Crippen molar-refractivity contribution in [1.82, 2.24) is 9.88 Å². The zero-order chi connectivity index (χ0) is 27.6. The van der Waals surface area contributed by atoms with Gasteiger partial charge in [0.1, 0.15) is 18.6 Å². The molecule has 0 atom stereocenters. The molecule has 0 saturated carbocycles. The maximum absolute atomic E-state index is 13.4. The van der Waals surface area contributed by atoms with Crippen LogP contribution in [0.25, 0.3) is 10.9 Å². The Hall–Kier alpha value is -4.76. The molecule has 2 aliphatic heterocycles. The van der Waals surface area contributed by atoms with Crippen molar-refractivity contribution in [3.63, 3.8) is 0 Å². The molecule has 6 rings (SSSR count). The molecule has 0 saturated heterocycles. The standard InChI is InChI=1S/C30H23ClN2O7/c31-20-8-6-19(7-9-20)29(35)23-13-33(24-12-26-25(38-17-39-26)11-22(24)30(23)36)14-27(34)32-28-16-37-15-21(40-28)10-18-4-2-1-3-5-18/h1-2,4,6-9,11-13,15-16H,3,5,10,14,17H2,(H,32,34). The number of hydrogen-bond donors (Lipinski definition) is 1. The summed E-state index contributed by atoms with van der Waals surface area (Å²) in [6.07, 6.45) is 12.8. The molecule has 3 aromatic rings. The van der Waals surface area contributed by atoms with E-state index in [0.717, 1.165) is 12.8 Å². The number of aromatic nitrogens is 1. The zero-order valence-corrected chi connectivity index (χ0v) is 21.9. The van der Waals surface area contributed by atoms with Gasteiger partial charge in [0.05, 0.1) is 16.5 Å². The van der Waals surface area contributed by atoms with Crippen LogP contribution in [-0.4, -0.2) is 23.1 Å². The van der Waals surface area contributed by atoms with Crippen molar-refractivity contribution in [2.75, 3.05) is 6.79 Å². The fourth-order valence-corrected chi connectivity index (χ4v) is 4.80. The second kappa shape index (κ2) is 10.8. The van der Waals surface area contributed by atoms with Crippen LogP contribution in [-0.2, 0) is 20.8 Å². The van der Waals surface area contributed by atoms with Gasteiger partial charge in [0.25, 0.3) is 0 Å². The number of amides is 1. The molecule has 0 fully saturated rings. The summed E-state index contributed by atoms with van der Waals surface area (Å²) < 4.78 is 23.7. The molecule has 3 heterocycles. The van der Waals surface area contributed by atoms with E-state index in [2.05, 4.69) is 11.4 Å². The summed E-state index contributed by atoms with van der Waals surface area (Å²) in [5, 5.41) is 3.38. The fourth-order valence-electron chi connectivity index (χ4n) is 4.68. The van der Waals surface area contributed by atoms with E-state index < -0.39 is 17.1 Å². The Morgan fingerprint density at radius 3 is 2.62 bits per heavy atom. The second-order valence-corrected chi connectivity index (χ2v) is 9.82. The summed E-state index contributed by atoms with van der Waals surface area (Å²) in [5.74, 6) is 0.572. The maximum atomic E-state index is 13.4. The van der Waals surface area contributed by atoms with Gasteiger partial charge in [0, 0.05) is 29.3 Å². The highest BCUT2D eigenvalue weighted by atomic mass is 35.5. The van der Waals surface area contributed by atoms with Crippen molar-refractivity contribution in [2.45, 2.75) is 25.8 Å². The first kappa shape index (κ1) is 25.5. The summed E-state index contributed by atoms with van der Waals surface area (Å²) in [7, 11) is 0. The maximum Gasteiger partial charge on any atom is 0.246 e. The van der Waals surface area contributed by atoms with Crippen LogP contribution in [0.4, 0.5) is 0 Å². The van der Waals surface area contributed by atoms with E-state index in [9.17, 15) is 14.4 Å². The average Bonchev–Trinajstić information content (AvgIpc) is 3.42. The molecule has 0 unspecified atom stereocenters. The Kier molecular flexibility index (Phi) is 6.88. The highest BCUT2D eigenvalue weighted by Gasteiger charge is 2.23. The van der Waals surface area contributed by atoms with Crippen LogP contribution in [0, 0.1) is 0 Å². The number of nitrogens with one attached hydrogen (secondary N) is 1. The molecule has 3 aliphatic rings. The molecule has 9 nitrogen and oxygen atoms in total. The first-order chi connectivity index (χ1) is 19.4. The molecule has 40 heavy (non-hydrogen) atoms. The minimum Gasteiger partial charge on any atom is -0.464 e. The van der Waals surface area contributed by atoms with Gasteiger partial charge in [0.15, 0.2) is 23.5 Å². The molecule has 1 amide bonds. The van der Waals surface area contributed by atoms with Gasteiger partial charge < -0.3 is 23.5 Å². The molecule has 1 N–H and O–H groups in total. The third-order valence-corrected chi connectivity index (χ3v) is 6.87. The molecule has 1 aliphatic carbocycles. The van der Waals surface area contributed by atoms with E-state index in [1.807, 2.05) is 12.2 Å². The van der Waals surface area contributed by atoms with E-state index in [1.54, 1.807) is 30.3 Å². The fraction of sp³-hybridized carbons (Fsp3) is 0.167. The number of hydrogen-bond acceptors (Lipinski definition) is 7. The number of carbonyl (C=O) groups excluding carboxylic acids is 2.